The van der Waals surface area contributed by atoms with Crippen LogP contribution >= 0.6 is 15.9 Å². The zero-order chi connectivity index (χ0) is 10.7. The number of hydrogen-bond acceptors (Lipinski definition) is 2. The highest BCUT2D eigenvalue weighted by molar-refractivity contribution is 9.10. The van der Waals surface area contributed by atoms with E-state index in [0.29, 0.717) is 0 Å². The average Bonchev–Trinajstić information content (AvgIpc) is 2.01. The first-order valence-electron chi connectivity index (χ1n) is 3.49. The van der Waals surface area contributed by atoms with E-state index in [2.05, 4.69) is 20.7 Å². The molecule has 0 aliphatic heterocycles. The van der Waals surface area contributed by atoms with E-state index in [9.17, 15) is 13.6 Å². The normalized spacial score (nSPS) is 10.3. The van der Waals surface area contributed by atoms with Crippen LogP contribution in [-0.2, 0) is 0 Å². The Bertz CT molecular complexity index is 354. The van der Waals surface area contributed by atoms with Gasteiger partial charge in [-0.05, 0) is 28.1 Å². The maximum Gasteiger partial charge on any atom is 0.387 e. The largest absolute Gasteiger partial charge is 0.478 e. The Balaban J connectivity index is 3.14. The first-order chi connectivity index (χ1) is 6.52. The van der Waals surface area contributed by atoms with Gasteiger partial charge in [-0.15, -0.1) is 0 Å². The molecule has 3 nitrogen and oxygen atoms in total. The molecule has 0 aromatic heterocycles. The van der Waals surface area contributed by atoms with Gasteiger partial charge < -0.3 is 9.84 Å². The zero-order valence-electron chi connectivity index (χ0n) is 6.71. The quantitative estimate of drug-likeness (QED) is 0.915. The monoisotopic (exact) mass is 266 g/mol. The lowest BCUT2D eigenvalue weighted by Gasteiger charge is -2.08. The van der Waals surface area contributed by atoms with Crippen LogP contribution < -0.4 is 4.74 Å². The first kappa shape index (κ1) is 10.9. The third-order valence-corrected chi connectivity index (χ3v) is 2.07. The van der Waals surface area contributed by atoms with Gasteiger partial charge in [-0.25, -0.2) is 4.79 Å². The highest BCUT2D eigenvalue weighted by Crippen LogP contribution is 2.27. The third kappa shape index (κ3) is 2.41. The second kappa shape index (κ2) is 4.36. The second-order valence-electron chi connectivity index (χ2n) is 2.30. The fraction of sp³-hybridized carbons (Fsp3) is 0.125. The van der Waals surface area contributed by atoms with Crippen LogP contribution in [0.3, 0.4) is 0 Å². The summed E-state index contributed by atoms with van der Waals surface area (Å²) < 4.78 is 28.0. The standard InChI is InChI=1S/C8H5BrF2O3/c9-4-2-1-3-5(14-8(10)11)6(4)7(12)13/h1-3,8H,(H,12,13). The van der Waals surface area contributed by atoms with Crippen LogP contribution in [0.5, 0.6) is 5.75 Å². The van der Waals surface area contributed by atoms with E-state index in [4.69, 9.17) is 5.11 Å². The molecule has 1 rings (SSSR count). The van der Waals surface area contributed by atoms with Gasteiger partial charge >= 0.3 is 12.6 Å². The summed E-state index contributed by atoms with van der Waals surface area (Å²) in [5.74, 6) is -1.69. The van der Waals surface area contributed by atoms with Gasteiger partial charge in [0.1, 0.15) is 11.3 Å². The van der Waals surface area contributed by atoms with Gasteiger partial charge in [0.05, 0.1) is 0 Å². The molecule has 0 fully saturated rings. The van der Waals surface area contributed by atoms with Crippen LogP contribution in [0.15, 0.2) is 22.7 Å². The Morgan fingerprint density at radius 1 is 1.50 bits per heavy atom. The number of alkyl halides is 2. The van der Waals surface area contributed by atoms with Crippen molar-refractivity contribution in [1.29, 1.82) is 0 Å². The maximum atomic E-state index is 11.9. The van der Waals surface area contributed by atoms with Crippen molar-refractivity contribution < 1.29 is 23.4 Å². The summed E-state index contributed by atoms with van der Waals surface area (Å²) in [4.78, 5) is 10.7. The molecule has 1 aromatic carbocycles. The smallest absolute Gasteiger partial charge is 0.387 e. The number of rotatable bonds is 3. The molecule has 76 valence electrons. The van der Waals surface area contributed by atoms with E-state index in [1.165, 1.54) is 18.2 Å². The predicted octanol–water partition coefficient (Wildman–Crippen LogP) is 2.75. The lowest BCUT2D eigenvalue weighted by Crippen LogP contribution is -2.08. The molecule has 1 N–H and O–H groups in total. The maximum absolute atomic E-state index is 11.9. The lowest BCUT2D eigenvalue weighted by atomic mass is 10.2. The predicted molar refractivity (Wildman–Crippen MR) is 47.7 cm³/mol. The van der Waals surface area contributed by atoms with Gasteiger partial charge in [0, 0.05) is 4.47 Å². The summed E-state index contributed by atoms with van der Waals surface area (Å²) in [5, 5.41) is 8.70. The van der Waals surface area contributed by atoms with Crippen molar-refractivity contribution in [3.8, 4) is 5.75 Å². The molecule has 0 bridgehead atoms. The van der Waals surface area contributed by atoms with Gasteiger partial charge in [-0.2, -0.15) is 8.78 Å². The number of halogens is 3. The van der Waals surface area contributed by atoms with Gasteiger partial charge in [-0.3, -0.25) is 0 Å². The van der Waals surface area contributed by atoms with Crippen molar-refractivity contribution >= 4 is 21.9 Å². The number of ether oxygens (including phenoxy) is 1. The number of carboxylic acids is 1. The highest BCUT2D eigenvalue weighted by atomic mass is 79.9. The number of carbonyl (C=O) groups is 1. The molecule has 14 heavy (non-hydrogen) atoms. The summed E-state index contributed by atoms with van der Waals surface area (Å²) in [6, 6.07) is 4.01. The van der Waals surface area contributed by atoms with Crippen molar-refractivity contribution in [2.24, 2.45) is 0 Å². The molecule has 0 heterocycles. The van der Waals surface area contributed by atoms with Crippen molar-refractivity contribution in [3.63, 3.8) is 0 Å². The zero-order valence-corrected chi connectivity index (χ0v) is 8.29. The van der Waals surface area contributed by atoms with E-state index in [1.54, 1.807) is 0 Å². The van der Waals surface area contributed by atoms with Crippen LogP contribution in [0.25, 0.3) is 0 Å². The topological polar surface area (TPSA) is 46.5 Å². The molecule has 0 radical (unpaired) electrons. The molecule has 0 saturated carbocycles. The fourth-order valence-electron chi connectivity index (χ4n) is 0.906. The molecule has 0 unspecified atom stereocenters. The lowest BCUT2D eigenvalue weighted by molar-refractivity contribution is -0.0503. The second-order valence-corrected chi connectivity index (χ2v) is 3.15. The summed E-state index contributed by atoms with van der Waals surface area (Å²) >= 11 is 2.93. The van der Waals surface area contributed by atoms with Gasteiger partial charge in [0.25, 0.3) is 0 Å². The van der Waals surface area contributed by atoms with Crippen LogP contribution in [-0.4, -0.2) is 17.7 Å². The fourth-order valence-corrected chi connectivity index (χ4v) is 1.42. The van der Waals surface area contributed by atoms with Crippen LogP contribution in [0, 0.1) is 0 Å². The Kier molecular flexibility index (Phi) is 3.40. The van der Waals surface area contributed by atoms with Crippen molar-refractivity contribution in [3.05, 3.63) is 28.2 Å². The van der Waals surface area contributed by atoms with E-state index in [0.717, 1.165) is 0 Å². The van der Waals surface area contributed by atoms with Crippen molar-refractivity contribution in [2.75, 3.05) is 0 Å². The summed E-state index contributed by atoms with van der Waals surface area (Å²) in [5.41, 5.74) is -0.312. The van der Waals surface area contributed by atoms with E-state index >= 15 is 0 Å². The molecular weight excluding hydrogens is 262 g/mol. The summed E-state index contributed by atoms with van der Waals surface area (Å²) in [6.45, 7) is -3.04. The molecule has 0 amide bonds. The number of carboxylic acid groups (broad SMARTS) is 1. The van der Waals surface area contributed by atoms with Gasteiger partial charge in [0.2, 0.25) is 0 Å². The van der Waals surface area contributed by atoms with E-state index < -0.39 is 12.6 Å². The molecule has 0 aliphatic carbocycles. The average molecular weight is 267 g/mol. The van der Waals surface area contributed by atoms with Crippen molar-refractivity contribution in [2.45, 2.75) is 6.61 Å². The van der Waals surface area contributed by atoms with Crippen LogP contribution in [0.1, 0.15) is 10.4 Å². The SMILES string of the molecule is O=C(O)c1c(Br)cccc1OC(F)F. The molecule has 0 atom stereocenters. The highest BCUT2D eigenvalue weighted by Gasteiger charge is 2.17. The molecular formula is C8H5BrF2O3. The number of benzene rings is 1. The summed E-state index contributed by atoms with van der Waals surface area (Å²) in [6.07, 6.45) is 0. The minimum atomic E-state index is -3.04. The van der Waals surface area contributed by atoms with Crippen molar-refractivity contribution in [1.82, 2.24) is 0 Å². The minimum Gasteiger partial charge on any atom is -0.478 e. The Hall–Kier alpha value is -1.17. The number of aromatic carboxylic acids is 1. The Labute approximate surface area is 86.4 Å². The minimum absolute atomic E-state index is 0.197. The van der Waals surface area contributed by atoms with Crippen LogP contribution in [0.4, 0.5) is 8.78 Å². The third-order valence-electron chi connectivity index (χ3n) is 1.41. The van der Waals surface area contributed by atoms with E-state index in [1.807, 2.05) is 0 Å². The Morgan fingerprint density at radius 2 is 2.14 bits per heavy atom. The molecule has 0 spiro atoms. The molecule has 1 aromatic rings. The van der Waals surface area contributed by atoms with Gasteiger partial charge in [-0.1, -0.05) is 6.07 Å². The molecule has 0 aliphatic rings. The van der Waals surface area contributed by atoms with Gasteiger partial charge in [0.15, 0.2) is 0 Å². The van der Waals surface area contributed by atoms with E-state index in [-0.39, 0.29) is 15.8 Å². The molecule has 6 heteroatoms. The van der Waals surface area contributed by atoms with Crippen LogP contribution in [0.2, 0.25) is 0 Å². The number of hydrogen-bond donors (Lipinski definition) is 1. The molecule has 0 saturated heterocycles. The Morgan fingerprint density at radius 3 is 2.64 bits per heavy atom. The first-order valence-corrected chi connectivity index (χ1v) is 4.28. The summed E-state index contributed by atoms with van der Waals surface area (Å²) in [7, 11) is 0.